The second-order valence-corrected chi connectivity index (χ2v) is 9.02. The van der Waals surface area contributed by atoms with Gasteiger partial charge < -0.3 is 9.84 Å². The van der Waals surface area contributed by atoms with Gasteiger partial charge in [-0.3, -0.25) is 14.5 Å². The van der Waals surface area contributed by atoms with Crippen LogP contribution >= 0.6 is 39.9 Å². The molecule has 0 saturated carbocycles. The molecule has 2 aromatic rings. The maximum absolute atomic E-state index is 12.6. The van der Waals surface area contributed by atoms with Gasteiger partial charge in [0.15, 0.2) is 0 Å². The Morgan fingerprint density at radius 2 is 2.00 bits per heavy atom. The quantitative estimate of drug-likeness (QED) is 0.433. The number of thioether (sulfide) groups is 1. The molecule has 0 atom stereocenters. The molecule has 1 heterocycles. The molecule has 1 saturated heterocycles. The van der Waals surface area contributed by atoms with Crippen molar-refractivity contribution in [1.82, 2.24) is 4.90 Å². The molecule has 5 nitrogen and oxygen atoms in total. The van der Waals surface area contributed by atoms with Gasteiger partial charge in [0.1, 0.15) is 16.7 Å². The van der Waals surface area contributed by atoms with Crippen molar-refractivity contribution >= 4 is 62.2 Å². The molecule has 1 amide bonds. The Hall–Kier alpha value is -2.16. The highest BCUT2D eigenvalue weighted by Gasteiger charge is 2.32. The van der Waals surface area contributed by atoms with E-state index in [1.807, 2.05) is 49.4 Å². The molecule has 2 aromatic carbocycles. The average Bonchev–Trinajstić information content (AvgIpc) is 2.93. The van der Waals surface area contributed by atoms with Crippen LogP contribution in [0.25, 0.3) is 6.08 Å². The zero-order valence-corrected chi connectivity index (χ0v) is 18.8. The summed E-state index contributed by atoms with van der Waals surface area (Å²) in [6, 6.07) is 13.7. The average molecular weight is 492 g/mol. The third kappa shape index (κ3) is 5.68. The van der Waals surface area contributed by atoms with Crippen LogP contribution in [0.15, 0.2) is 51.8 Å². The van der Waals surface area contributed by atoms with Crippen LogP contribution in [-0.2, 0) is 16.2 Å². The van der Waals surface area contributed by atoms with Crippen LogP contribution in [0, 0.1) is 6.92 Å². The first-order valence-electron chi connectivity index (χ1n) is 8.78. The van der Waals surface area contributed by atoms with Crippen molar-refractivity contribution in [2.24, 2.45) is 0 Å². The summed E-state index contributed by atoms with van der Waals surface area (Å²) in [7, 11) is 0. The number of carboxylic acids is 1. The molecule has 3 rings (SSSR count). The molecule has 0 spiro atoms. The lowest BCUT2D eigenvalue weighted by molar-refractivity contribution is -0.137. The molecule has 1 fully saturated rings. The van der Waals surface area contributed by atoms with E-state index in [-0.39, 0.29) is 18.9 Å². The number of rotatable bonds is 7. The highest BCUT2D eigenvalue weighted by molar-refractivity contribution is 9.10. The van der Waals surface area contributed by atoms with E-state index in [1.165, 1.54) is 10.5 Å². The van der Waals surface area contributed by atoms with Gasteiger partial charge in [0.05, 0.1) is 11.3 Å². The number of aryl methyl sites for hydroxylation is 1. The minimum Gasteiger partial charge on any atom is -0.488 e. The van der Waals surface area contributed by atoms with Crippen LogP contribution in [0.5, 0.6) is 5.75 Å². The smallest absolute Gasteiger partial charge is 0.305 e. The molecule has 0 aromatic heterocycles. The summed E-state index contributed by atoms with van der Waals surface area (Å²) in [5.74, 6) is -0.614. The number of nitrogens with zero attached hydrogens (tertiary/aromatic N) is 1. The number of thiocarbonyl (C=S) groups is 1. The van der Waals surface area contributed by atoms with Gasteiger partial charge in [0.25, 0.3) is 5.91 Å². The zero-order valence-electron chi connectivity index (χ0n) is 15.6. The van der Waals surface area contributed by atoms with Gasteiger partial charge in [0, 0.05) is 16.6 Å². The predicted octanol–water partition coefficient (Wildman–Crippen LogP) is 5.01. The standard InChI is InChI=1S/C21H18BrNO4S2/c1-13-2-4-14(5-3-13)12-27-17-7-6-16(22)10-15(17)11-18-20(26)23(21(28)29-18)9-8-19(24)25/h2-7,10-11H,8-9,12H2,1H3,(H,24,25)/b18-11-. The number of hydrogen-bond donors (Lipinski definition) is 1. The highest BCUT2D eigenvalue weighted by Crippen LogP contribution is 2.35. The third-order valence-corrected chi connectivity index (χ3v) is 6.07. The monoisotopic (exact) mass is 491 g/mol. The van der Waals surface area contributed by atoms with E-state index in [1.54, 1.807) is 6.08 Å². The molecule has 1 aliphatic heterocycles. The fourth-order valence-corrected chi connectivity index (χ4v) is 4.33. The van der Waals surface area contributed by atoms with Gasteiger partial charge >= 0.3 is 5.97 Å². The molecule has 150 valence electrons. The number of carboxylic acid groups (broad SMARTS) is 1. The fourth-order valence-electron chi connectivity index (χ4n) is 2.65. The second-order valence-electron chi connectivity index (χ2n) is 6.43. The summed E-state index contributed by atoms with van der Waals surface area (Å²) in [5, 5.41) is 8.86. The molecule has 0 radical (unpaired) electrons. The first-order valence-corrected chi connectivity index (χ1v) is 10.8. The minimum absolute atomic E-state index is 0.0621. The summed E-state index contributed by atoms with van der Waals surface area (Å²) < 4.78 is 7.20. The Morgan fingerprint density at radius 3 is 2.69 bits per heavy atom. The van der Waals surface area contributed by atoms with Crippen molar-refractivity contribution in [2.75, 3.05) is 6.54 Å². The van der Waals surface area contributed by atoms with Gasteiger partial charge in [-0.15, -0.1) is 0 Å². The Kier molecular flexibility index (Phi) is 7.10. The van der Waals surface area contributed by atoms with Crippen LogP contribution < -0.4 is 4.74 Å². The maximum Gasteiger partial charge on any atom is 0.305 e. The number of aliphatic carboxylic acids is 1. The van der Waals surface area contributed by atoms with Crippen molar-refractivity contribution in [3.63, 3.8) is 0 Å². The molecule has 0 unspecified atom stereocenters. The number of carbonyl (C=O) groups excluding carboxylic acids is 1. The van der Waals surface area contributed by atoms with E-state index in [2.05, 4.69) is 15.9 Å². The molecule has 8 heteroatoms. The van der Waals surface area contributed by atoms with Crippen molar-refractivity contribution in [3.8, 4) is 5.75 Å². The Bertz CT molecular complexity index is 989. The minimum atomic E-state index is -0.971. The summed E-state index contributed by atoms with van der Waals surface area (Å²) in [6.45, 7) is 2.50. The number of amides is 1. The van der Waals surface area contributed by atoms with E-state index in [0.29, 0.717) is 21.6 Å². The van der Waals surface area contributed by atoms with Crippen molar-refractivity contribution in [1.29, 1.82) is 0 Å². The number of ether oxygens (including phenoxy) is 1. The summed E-state index contributed by atoms with van der Waals surface area (Å²) in [6.07, 6.45) is 1.58. The highest BCUT2D eigenvalue weighted by atomic mass is 79.9. The summed E-state index contributed by atoms with van der Waals surface area (Å²) >= 11 is 9.86. The first-order chi connectivity index (χ1) is 13.8. The topological polar surface area (TPSA) is 66.8 Å². The van der Waals surface area contributed by atoms with E-state index >= 15 is 0 Å². The van der Waals surface area contributed by atoms with Gasteiger partial charge in [-0.05, 0) is 36.8 Å². The number of hydrogen-bond acceptors (Lipinski definition) is 5. The van der Waals surface area contributed by atoms with E-state index in [9.17, 15) is 9.59 Å². The van der Waals surface area contributed by atoms with E-state index in [0.717, 1.165) is 27.4 Å². The van der Waals surface area contributed by atoms with Gasteiger partial charge in [-0.25, -0.2) is 0 Å². The SMILES string of the molecule is Cc1ccc(COc2ccc(Br)cc2/C=C2\SC(=S)N(CCC(=O)O)C2=O)cc1. The van der Waals surface area contributed by atoms with E-state index < -0.39 is 5.97 Å². The van der Waals surface area contributed by atoms with Crippen molar-refractivity contribution in [2.45, 2.75) is 20.0 Å². The second kappa shape index (κ2) is 9.56. The lowest BCUT2D eigenvalue weighted by Gasteiger charge is -2.12. The maximum atomic E-state index is 12.6. The van der Waals surface area contributed by atoms with Crippen LogP contribution in [-0.4, -0.2) is 32.7 Å². The van der Waals surface area contributed by atoms with E-state index in [4.69, 9.17) is 22.1 Å². The van der Waals surface area contributed by atoms with Gasteiger partial charge in [-0.1, -0.05) is 69.7 Å². The molecule has 0 bridgehead atoms. The van der Waals surface area contributed by atoms with Crippen molar-refractivity contribution in [3.05, 3.63) is 68.5 Å². The number of benzene rings is 2. The normalized spacial score (nSPS) is 15.2. The van der Waals surface area contributed by atoms with Gasteiger partial charge in [0.2, 0.25) is 0 Å². The fraction of sp³-hybridized carbons (Fsp3) is 0.190. The Labute approximate surface area is 186 Å². The molecule has 29 heavy (non-hydrogen) atoms. The largest absolute Gasteiger partial charge is 0.488 e. The molecule has 1 N–H and O–H groups in total. The lowest BCUT2D eigenvalue weighted by Crippen LogP contribution is -2.30. The van der Waals surface area contributed by atoms with Crippen molar-refractivity contribution < 1.29 is 19.4 Å². The molecule has 1 aliphatic rings. The molecular formula is C21H18BrNO4S2. The summed E-state index contributed by atoms with van der Waals surface area (Å²) in [5.41, 5.74) is 2.97. The number of halogens is 1. The third-order valence-electron chi connectivity index (χ3n) is 4.20. The molecular weight excluding hydrogens is 474 g/mol. The van der Waals surface area contributed by atoms with Crippen LogP contribution in [0.1, 0.15) is 23.1 Å². The number of carbonyl (C=O) groups is 2. The zero-order chi connectivity index (χ0) is 21.0. The Morgan fingerprint density at radius 1 is 1.28 bits per heavy atom. The Balaban J connectivity index is 1.80. The van der Waals surface area contributed by atoms with Crippen LogP contribution in [0.4, 0.5) is 0 Å². The molecule has 0 aliphatic carbocycles. The van der Waals surface area contributed by atoms with Gasteiger partial charge in [-0.2, -0.15) is 0 Å². The van der Waals surface area contributed by atoms with Crippen LogP contribution in [0.3, 0.4) is 0 Å². The predicted molar refractivity (Wildman–Crippen MR) is 122 cm³/mol. The van der Waals surface area contributed by atoms with Crippen LogP contribution in [0.2, 0.25) is 0 Å². The lowest BCUT2D eigenvalue weighted by atomic mass is 10.1. The first kappa shape index (κ1) is 21.5. The summed E-state index contributed by atoms with van der Waals surface area (Å²) in [4.78, 5) is 25.2.